The number of hydrogen-bond donors (Lipinski definition) is 0. The molecule has 0 atom stereocenters. The summed E-state index contributed by atoms with van der Waals surface area (Å²) >= 11 is 0. The summed E-state index contributed by atoms with van der Waals surface area (Å²) in [5, 5.41) is 0. The van der Waals surface area contributed by atoms with Gasteiger partial charge in [-0.15, -0.1) is 0 Å². The van der Waals surface area contributed by atoms with Gasteiger partial charge in [0.15, 0.2) is 0 Å². The van der Waals surface area contributed by atoms with E-state index < -0.39 is 17.8 Å². The number of nitrogens with zero attached hydrogens (tertiary/aromatic N) is 3. The van der Waals surface area contributed by atoms with Crippen molar-refractivity contribution in [3.05, 3.63) is 64.2 Å². The molecule has 0 saturated heterocycles. The molecule has 1 aliphatic heterocycles. The number of allylic oxidation sites excluding steroid dienone is 2. The number of fused-ring (bicyclic) bond motifs is 1. The number of esters is 1. The SMILES string of the molecule is CCOC(=O)c1cc(C2=CCC(C)(C)CC2)c2c(n1)CN(Cc1ccnc(C(F)(F)F)c1)CC2. The molecule has 0 amide bonds. The highest BCUT2D eigenvalue weighted by molar-refractivity contribution is 5.89. The summed E-state index contributed by atoms with van der Waals surface area (Å²) in [5.41, 5.74) is 4.42. The summed E-state index contributed by atoms with van der Waals surface area (Å²) in [5.74, 6) is -0.454. The molecule has 0 saturated carbocycles. The summed E-state index contributed by atoms with van der Waals surface area (Å²) in [7, 11) is 0. The molecule has 0 N–H and O–H groups in total. The molecule has 0 bridgehead atoms. The molecule has 34 heavy (non-hydrogen) atoms. The average Bonchev–Trinajstić information content (AvgIpc) is 2.78. The first-order chi connectivity index (χ1) is 16.1. The molecule has 8 heteroatoms. The fourth-order valence-corrected chi connectivity index (χ4v) is 4.63. The Kier molecular flexibility index (Phi) is 6.80. The van der Waals surface area contributed by atoms with Crippen molar-refractivity contribution in [1.82, 2.24) is 14.9 Å². The quantitative estimate of drug-likeness (QED) is 0.512. The molecular formula is C26H30F3N3O2. The minimum atomic E-state index is -4.47. The predicted molar refractivity (Wildman–Crippen MR) is 123 cm³/mol. The van der Waals surface area contributed by atoms with Crippen LogP contribution in [0.15, 0.2) is 30.5 Å². The Morgan fingerprint density at radius 1 is 1.24 bits per heavy atom. The Morgan fingerprint density at radius 2 is 2.03 bits per heavy atom. The monoisotopic (exact) mass is 473 g/mol. The van der Waals surface area contributed by atoms with Crippen LogP contribution < -0.4 is 0 Å². The van der Waals surface area contributed by atoms with Gasteiger partial charge in [0.1, 0.15) is 11.4 Å². The number of halogens is 3. The molecule has 0 spiro atoms. The lowest BCUT2D eigenvalue weighted by Crippen LogP contribution is -2.32. The van der Waals surface area contributed by atoms with Gasteiger partial charge in [-0.05, 0) is 78.5 Å². The number of pyridine rings is 2. The number of hydrogen-bond acceptors (Lipinski definition) is 5. The van der Waals surface area contributed by atoms with Crippen LogP contribution in [0.25, 0.3) is 5.57 Å². The molecule has 3 heterocycles. The van der Waals surface area contributed by atoms with Gasteiger partial charge in [0.25, 0.3) is 0 Å². The third-order valence-electron chi connectivity index (χ3n) is 6.58. The van der Waals surface area contributed by atoms with Crippen LogP contribution in [-0.2, 0) is 30.4 Å². The third kappa shape index (κ3) is 5.49. The topological polar surface area (TPSA) is 55.3 Å². The molecule has 1 aliphatic carbocycles. The highest BCUT2D eigenvalue weighted by atomic mass is 19.4. The van der Waals surface area contributed by atoms with Crippen molar-refractivity contribution in [2.24, 2.45) is 5.41 Å². The van der Waals surface area contributed by atoms with Crippen molar-refractivity contribution in [2.45, 2.75) is 65.7 Å². The van der Waals surface area contributed by atoms with Gasteiger partial charge < -0.3 is 4.74 Å². The Balaban J connectivity index is 1.63. The zero-order valence-corrected chi connectivity index (χ0v) is 19.8. The fourth-order valence-electron chi connectivity index (χ4n) is 4.63. The highest BCUT2D eigenvalue weighted by Gasteiger charge is 2.33. The van der Waals surface area contributed by atoms with Crippen molar-refractivity contribution >= 4 is 11.5 Å². The van der Waals surface area contributed by atoms with Crippen LogP contribution in [0.1, 0.15) is 78.6 Å². The first-order valence-corrected chi connectivity index (χ1v) is 11.7. The van der Waals surface area contributed by atoms with Crippen LogP contribution >= 0.6 is 0 Å². The molecule has 182 valence electrons. The van der Waals surface area contributed by atoms with Gasteiger partial charge >= 0.3 is 12.1 Å². The number of carbonyl (C=O) groups excluding carboxylic acids is 1. The average molecular weight is 474 g/mol. The van der Waals surface area contributed by atoms with Crippen molar-refractivity contribution < 1.29 is 22.7 Å². The number of ether oxygens (including phenoxy) is 1. The van der Waals surface area contributed by atoms with Gasteiger partial charge in [-0.2, -0.15) is 13.2 Å². The number of carbonyl (C=O) groups is 1. The molecular weight excluding hydrogens is 443 g/mol. The van der Waals surface area contributed by atoms with Crippen LogP contribution in [0.2, 0.25) is 0 Å². The molecule has 2 aliphatic rings. The van der Waals surface area contributed by atoms with E-state index in [1.54, 1.807) is 13.0 Å². The van der Waals surface area contributed by atoms with E-state index in [0.717, 1.165) is 48.6 Å². The zero-order chi connectivity index (χ0) is 24.5. The lowest BCUT2D eigenvalue weighted by molar-refractivity contribution is -0.141. The minimum absolute atomic E-state index is 0.261. The normalized spacial score (nSPS) is 18.2. The lowest BCUT2D eigenvalue weighted by Gasteiger charge is -2.33. The summed E-state index contributed by atoms with van der Waals surface area (Å²) in [6, 6.07) is 4.56. The van der Waals surface area contributed by atoms with Crippen molar-refractivity contribution in [2.75, 3.05) is 13.2 Å². The fraction of sp³-hybridized carbons (Fsp3) is 0.500. The van der Waals surface area contributed by atoms with Gasteiger partial charge in [-0.1, -0.05) is 19.9 Å². The first kappa shape index (κ1) is 24.4. The van der Waals surface area contributed by atoms with E-state index in [0.29, 0.717) is 25.2 Å². The Morgan fingerprint density at radius 3 is 2.71 bits per heavy atom. The van der Waals surface area contributed by atoms with Crippen LogP contribution in [0, 0.1) is 5.41 Å². The number of alkyl halides is 3. The van der Waals surface area contributed by atoms with Gasteiger partial charge in [0.05, 0.1) is 12.3 Å². The maximum Gasteiger partial charge on any atom is 0.433 e. The second-order valence-corrected chi connectivity index (χ2v) is 9.81. The smallest absolute Gasteiger partial charge is 0.433 e. The van der Waals surface area contributed by atoms with E-state index in [-0.39, 0.29) is 17.7 Å². The minimum Gasteiger partial charge on any atom is -0.461 e. The first-order valence-electron chi connectivity index (χ1n) is 11.7. The van der Waals surface area contributed by atoms with Crippen molar-refractivity contribution in [3.63, 3.8) is 0 Å². The van der Waals surface area contributed by atoms with Crippen molar-refractivity contribution in [1.29, 1.82) is 0 Å². The maximum atomic E-state index is 13.1. The molecule has 0 radical (unpaired) electrons. The van der Waals surface area contributed by atoms with Crippen LogP contribution in [0.4, 0.5) is 13.2 Å². The Bertz CT molecular complexity index is 1110. The van der Waals surface area contributed by atoms with Crippen LogP contribution in [-0.4, -0.2) is 34.0 Å². The lowest BCUT2D eigenvalue weighted by atomic mass is 9.76. The van der Waals surface area contributed by atoms with E-state index in [4.69, 9.17) is 4.74 Å². The molecule has 0 unspecified atom stereocenters. The zero-order valence-electron chi connectivity index (χ0n) is 19.8. The van der Waals surface area contributed by atoms with E-state index in [9.17, 15) is 18.0 Å². The molecule has 2 aromatic rings. The Hall–Kier alpha value is -2.74. The van der Waals surface area contributed by atoms with E-state index in [2.05, 4.69) is 34.8 Å². The number of rotatable bonds is 5. The predicted octanol–water partition coefficient (Wildman–Crippen LogP) is 5.82. The molecule has 0 fully saturated rings. The summed E-state index contributed by atoms with van der Waals surface area (Å²) in [4.78, 5) is 22.7. The molecule has 4 rings (SSSR count). The van der Waals surface area contributed by atoms with E-state index in [1.165, 1.54) is 11.8 Å². The summed E-state index contributed by atoms with van der Waals surface area (Å²) in [6.45, 7) is 8.04. The van der Waals surface area contributed by atoms with Gasteiger partial charge in [0.2, 0.25) is 0 Å². The van der Waals surface area contributed by atoms with Crippen molar-refractivity contribution in [3.8, 4) is 0 Å². The van der Waals surface area contributed by atoms with E-state index >= 15 is 0 Å². The van der Waals surface area contributed by atoms with Crippen LogP contribution in [0.3, 0.4) is 0 Å². The second-order valence-electron chi connectivity index (χ2n) is 9.81. The molecule has 2 aromatic heterocycles. The van der Waals surface area contributed by atoms with Gasteiger partial charge in [-0.25, -0.2) is 9.78 Å². The summed E-state index contributed by atoms with van der Waals surface area (Å²) in [6.07, 6.45) is 2.70. The second kappa shape index (κ2) is 9.49. The van der Waals surface area contributed by atoms with Crippen LogP contribution in [0.5, 0.6) is 0 Å². The molecule has 5 nitrogen and oxygen atoms in total. The third-order valence-corrected chi connectivity index (χ3v) is 6.58. The largest absolute Gasteiger partial charge is 0.461 e. The van der Waals surface area contributed by atoms with E-state index in [1.807, 2.05) is 6.07 Å². The standard InChI is InChI=1S/C26H30F3N3O2/c1-4-34-24(33)21-14-20(18-5-9-25(2,3)10-6-18)19-8-12-32(16-22(19)31-21)15-17-7-11-30-23(13-17)26(27,28)29/h5,7,11,13-14H,4,6,8-10,12,15-16H2,1-3H3. The van der Waals surface area contributed by atoms with Gasteiger partial charge in [-0.3, -0.25) is 9.88 Å². The highest BCUT2D eigenvalue weighted by Crippen LogP contribution is 2.40. The Labute approximate surface area is 198 Å². The maximum absolute atomic E-state index is 13.1. The van der Waals surface area contributed by atoms with Gasteiger partial charge in [0, 0.05) is 25.8 Å². The summed E-state index contributed by atoms with van der Waals surface area (Å²) < 4.78 is 44.4. The molecule has 0 aromatic carbocycles. The number of aromatic nitrogens is 2.